The first-order valence-corrected chi connectivity index (χ1v) is 7.10. The monoisotopic (exact) mass is 296 g/mol. The van der Waals surface area contributed by atoms with Crippen molar-refractivity contribution in [3.05, 3.63) is 35.4 Å². The molecule has 94 valence electrons. The van der Waals surface area contributed by atoms with Crippen molar-refractivity contribution in [2.75, 3.05) is 0 Å². The number of hydrogen-bond donors (Lipinski definition) is 0. The maximum Gasteiger partial charge on any atom is 0.228 e. The van der Waals surface area contributed by atoms with Crippen LogP contribution in [0.3, 0.4) is 0 Å². The first-order chi connectivity index (χ1) is 8.02. The van der Waals surface area contributed by atoms with Gasteiger partial charge in [0.2, 0.25) is 4.69 Å². The fraction of sp³-hybridized carbons (Fsp3) is 0.533. The van der Waals surface area contributed by atoms with E-state index in [0.717, 1.165) is 23.5 Å². The zero-order chi connectivity index (χ0) is 12.8. The third-order valence-corrected chi connectivity index (χ3v) is 3.55. The lowest BCUT2D eigenvalue weighted by Crippen LogP contribution is -2.02. The SMILES string of the molecule is CC(C)CCCC(C)c1ccccc1C(=O)Br. The van der Waals surface area contributed by atoms with Crippen LogP contribution in [0.25, 0.3) is 0 Å². The maximum atomic E-state index is 11.5. The fourth-order valence-electron chi connectivity index (χ4n) is 2.09. The predicted octanol–water partition coefficient (Wildman–Crippen LogP) is 5.15. The molecule has 1 unspecified atom stereocenters. The molecule has 0 saturated carbocycles. The largest absolute Gasteiger partial charge is 0.281 e. The van der Waals surface area contributed by atoms with Crippen LogP contribution < -0.4 is 0 Å². The molecule has 0 amide bonds. The van der Waals surface area contributed by atoms with Crippen molar-refractivity contribution >= 4 is 20.6 Å². The van der Waals surface area contributed by atoms with Gasteiger partial charge in [-0.25, -0.2) is 0 Å². The highest BCUT2D eigenvalue weighted by Crippen LogP contribution is 2.26. The Bertz CT molecular complexity index is 371. The second-order valence-corrected chi connectivity index (χ2v) is 5.81. The van der Waals surface area contributed by atoms with E-state index in [2.05, 4.69) is 42.8 Å². The Kier molecular flexibility index (Phi) is 5.90. The van der Waals surface area contributed by atoms with Crippen LogP contribution in [-0.2, 0) is 0 Å². The van der Waals surface area contributed by atoms with E-state index >= 15 is 0 Å². The Morgan fingerprint density at radius 3 is 2.41 bits per heavy atom. The molecule has 0 radical (unpaired) electrons. The maximum absolute atomic E-state index is 11.5. The van der Waals surface area contributed by atoms with E-state index in [1.165, 1.54) is 12.8 Å². The van der Waals surface area contributed by atoms with Crippen molar-refractivity contribution in [2.24, 2.45) is 5.92 Å². The van der Waals surface area contributed by atoms with Crippen LogP contribution in [0.1, 0.15) is 61.9 Å². The summed E-state index contributed by atoms with van der Waals surface area (Å²) in [5.74, 6) is 1.21. The van der Waals surface area contributed by atoms with E-state index in [0.29, 0.717) is 5.92 Å². The van der Waals surface area contributed by atoms with Crippen LogP contribution in [0.4, 0.5) is 0 Å². The first-order valence-electron chi connectivity index (χ1n) is 6.31. The molecular formula is C15H21BrO. The molecule has 1 aromatic carbocycles. The Balaban J connectivity index is 2.68. The molecular weight excluding hydrogens is 276 g/mol. The zero-order valence-corrected chi connectivity index (χ0v) is 12.5. The lowest BCUT2D eigenvalue weighted by molar-refractivity contribution is 0.109. The van der Waals surface area contributed by atoms with E-state index in [1.54, 1.807) is 0 Å². The molecule has 0 fully saturated rings. The van der Waals surface area contributed by atoms with Gasteiger partial charge in [-0.2, -0.15) is 0 Å². The van der Waals surface area contributed by atoms with Crippen LogP contribution in [0.15, 0.2) is 24.3 Å². The van der Waals surface area contributed by atoms with Crippen LogP contribution in [0.2, 0.25) is 0 Å². The lowest BCUT2D eigenvalue weighted by Gasteiger charge is -2.15. The van der Waals surface area contributed by atoms with Gasteiger partial charge in [0.15, 0.2) is 0 Å². The highest BCUT2D eigenvalue weighted by Gasteiger charge is 2.13. The first kappa shape index (κ1) is 14.4. The van der Waals surface area contributed by atoms with Gasteiger partial charge < -0.3 is 0 Å². The molecule has 0 heterocycles. The summed E-state index contributed by atoms with van der Waals surface area (Å²) >= 11 is 3.05. The standard InChI is InChI=1S/C15H21BrO/c1-11(2)7-6-8-12(3)13-9-4-5-10-14(13)15(16)17/h4-5,9-12H,6-8H2,1-3H3. The van der Waals surface area contributed by atoms with E-state index in [1.807, 2.05) is 18.2 Å². The molecule has 0 aliphatic rings. The summed E-state index contributed by atoms with van der Waals surface area (Å²) in [7, 11) is 0. The van der Waals surface area contributed by atoms with Gasteiger partial charge >= 0.3 is 0 Å². The highest BCUT2D eigenvalue weighted by atomic mass is 79.9. The van der Waals surface area contributed by atoms with Crippen LogP contribution in [0, 0.1) is 5.92 Å². The molecule has 0 saturated heterocycles. The minimum atomic E-state index is -0.0104. The molecule has 1 atom stereocenters. The summed E-state index contributed by atoms with van der Waals surface area (Å²) in [6.07, 6.45) is 3.63. The highest BCUT2D eigenvalue weighted by molar-refractivity contribution is 9.18. The number of halogens is 1. The average Bonchev–Trinajstić information content (AvgIpc) is 2.28. The van der Waals surface area contributed by atoms with Gasteiger partial charge in [0.05, 0.1) is 0 Å². The summed E-state index contributed by atoms with van der Waals surface area (Å²) in [4.78, 5) is 11.5. The van der Waals surface area contributed by atoms with E-state index < -0.39 is 0 Å². The molecule has 0 aromatic heterocycles. The molecule has 2 heteroatoms. The van der Waals surface area contributed by atoms with Crippen molar-refractivity contribution < 1.29 is 4.79 Å². The topological polar surface area (TPSA) is 17.1 Å². The number of benzene rings is 1. The van der Waals surface area contributed by atoms with Gasteiger partial charge in [-0.05, 0) is 39.8 Å². The Morgan fingerprint density at radius 2 is 1.82 bits per heavy atom. The smallest absolute Gasteiger partial charge is 0.228 e. The predicted molar refractivity (Wildman–Crippen MR) is 76.8 cm³/mol. The number of carbonyl (C=O) groups is 1. The summed E-state index contributed by atoms with van der Waals surface area (Å²) < 4.78 is -0.0104. The van der Waals surface area contributed by atoms with Gasteiger partial charge in [0.1, 0.15) is 0 Å². The van der Waals surface area contributed by atoms with Gasteiger partial charge in [0, 0.05) is 5.56 Å². The molecule has 0 aliphatic heterocycles. The van der Waals surface area contributed by atoms with Crippen molar-refractivity contribution in [1.29, 1.82) is 0 Å². The van der Waals surface area contributed by atoms with Crippen molar-refractivity contribution in [1.82, 2.24) is 0 Å². The minimum absolute atomic E-state index is 0.0104. The third-order valence-electron chi connectivity index (χ3n) is 3.12. The van der Waals surface area contributed by atoms with Crippen LogP contribution in [0.5, 0.6) is 0 Å². The summed E-state index contributed by atoms with van der Waals surface area (Å²) in [6, 6.07) is 7.88. The van der Waals surface area contributed by atoms with Crippen molar-refractivity contribution in [2.45, 2.75) is 46.0 Å². The number of hydrogen-bond acceptors (Lipinski definition) is 1. The third kappa shape index (κ3) is 4.63. The lowest BCUT2D eigenvalue weighted by atomic mass is 9.91. The number of carbonyl (C=O) groups excluding carboxylic acids is 1. The molecule has 1 rings (SSSR count). The van der Waals surface area contributed by atoms with Crippen molar-refractivity contribution in [3.8, 4) is 0 Å². The van der Waals surface area contributed by atoms with Gasteiger partial charge in [-0.3, -0.25) is 4.79 Å². The van der Waals surface area contributed by atoms with Crippen LogP contribution in [-0.4, -0.2) is 4.69 Å². The molecule has 1 nitrogen and oxygen atoms in total. The zero-order valence-electron chi connectivity index (χ0n) is 10.9. The summed E-state index contributed by atoms with van der Waals surface area (Å²) in [6.45, 7) is 6.70. The molecule has 0 N–H and O–H groups in total. The summed E-state index contributed by atoms with van der Waals surface area (Å²) in [5, 5.41) is 0. The Morgan fingerprint density at radius 1 is 1.18 bits per heavy atom. The quantitative estimate of drug-likeness (QED) is 0.663. The molecule has 0 bridgehead atoms. The second kappa shape index (κ2) is 6.95. The van der Waals surface area contributed by atoms with Gasteiger partial charge in [-0.15, -0.1) is 0 Å². The van der Waals surface area contributed by atoms with Gasteiger partial charge in [-0.1, -0.05) is 57.9 Å². The van der Waals surface area contributed by atoms with Crippen molar-refractivity contribution in [3.63, 3.8) is 0 Å². The molecule has 0 spiro atoms. The molecule has 1 aromatic rings. The Hall–Kier alpha value is -0.630. The van der Waals surface area contributed by atoms with Gasteiger partial charge in [0.25, 0.3) is 0 Å². The van der Waals surface area contributed by atoms with Crippen LogP contribution >= 0.6 is 15.9 Å². The fourth-order valence-corrected chi connectivity index (χ4v) is 2.45. The minimum Gasteiger partial charge on any atom is -0.281 e. The van der Waals surface area contributed by atoms with E-state index in [4.69, 9.17) is 0 Å². The number of rotatable bonds is 6. The molecule has 0 aliphatic carbocycles. The second-order valence-electron chi connectivity index (χ2n) is 5.09. The average molecular weight is 297 g/mol. The van der Waals surface area contributed by atoms with E-state index in [9.17, 15) is 4.79 Å². The van der Waals surface area contributed by atoms with E-state index in [-0.39, 0.29) is 4.69 Å². The molecule has 17 heavy (non-hydrogen) atoms. The normalized spacial score (nSPS) is 12.8. The Labute approximate surface area is 113 Å². The summed E-state index contributed by atoms with van der Waals surface area (Å²) in [5.41, 5.74) is 1.97.